The maximum Gasteiger partial charge on any atom is 0.411 e. The summed E-state index contributed by atoms with van der Waals surface area (Å²) >= 11 is 0. The molecule has 1 atom stereocenters. The first kappa shape index (κ1) is 17.8. The minimum Gasteiger partial charge on any atom is -0.445 e. The van der Waals surface area contributed by atoms with Crippen molar-refractivity contribution >= 4 is 11.8 Å². The molecule has 1 aromatic carbocycles. The normalized spacial score (nSPS) is 16.8. The molecule has 2 rings (SSSR count). The second kappa shape index (κ2) is 9.56. The summed E-state index contributed by atoms with van der Waals surface area (Å²) in [6.45, 7) is 7.21. The zero-order valence-corrected chi connectivity index (χ0v) is 14.5. The SMILES string of the molecule is CCCCc1ccccc1NC(=O)O[C@@H](C)CN1CCCCC1. The number of benzene rings is 1. The van der Waals surface area contributed by atoms with E-state index in [1.807, 2.05) is 25.1 Å². The Bertz CT molecular complexity index is 484. The molecule has 0 bridgehead atoms. The van der Waals surface area contributed by atoms with Crippen molar-refractivity contribution in [1.82, 2.24) is 4.90 Å². The average molecular weight is 318 g/mol. The number of unbranched alkanes of at least 4 members (excludes halogenated alkanes) is 1. The number of aryl methyl sites for hydroxylation is 1. The number of hydrogen-bond acceptors (Lipinski definition) is 3. The van der Waals surface area contributed by atoms with E-state index in [1.54, 1.807) is 0 Å². The molecule has 0 spiro atoms. The monoisotopic (exact) mass is 318 g/mol. The summed E-state index contributed by atoms with van der Waals surface area (Å²) in [6, 6.07) is 7.98. The van der Waals surface area contributed by atoms with Gasteiger partial charge in [0.2, 0.25) is 0 Å². The molecule has 1 aliphatic heterocycles. The van der Waals surface area contributed by atoms with Gasteiger partial charge in [-0.05, 0) is 57.3 Å². The van der Waals surface area contributed by atoms with Crippen LogP contribution in [-0.2, 0) is 11.2 Å². The van der Waals surface area contributed by atoms with E-state index < -0.39 is 0 Å². The van der Waals surface area contributed by atoms with Crippen LogP contribution < -0.4 is 5.32 Å². The molecule has 1 amide bonds. The molecule has 1 fully saturated rings. The largest absolute Gasteiger partial charge is 0.445 e. The zero-order valence-electron chi connectivity index (χ0n) is 14.5. The number of hydrogen-bond donors (Lipinski definition) is 1. The number of likely N-dealkylation sites (tertiary alicyclic amines) is 1. The van der Waals surface area contributed by atoms with Gasteiger partial charge in [0.15, 0.2) is 0 Å². The van der Waals surface area contributed by atoms with Gasteiger partial charge in [-0.1, -0.05) is 38.0 Å². The summed E-state index contributed by atoms with van der Waals surface area (Å²) in [6.07, 6.45) is 6.64. The molecule has 1 aliphatic rings. The zero-order chi connectivity index (χ0) is 16.5. The molecule has 0 aliphatic carbocycles. The van der Waals surface area contributed by atoms with Crippen molar-refractivity contribution in [2.24, 2.45) is 0 Å². The molecule has 0 radical (unpaired) electrons. The molecule has 1 saturated heterocycles. The number of anilines is 1. The van der Waals surface area contributed by atoms with Crippen molar-refractivity contribution in [3.63, 3.8) is 0 Å². The van der Waals surface area contributed by atoms with Gasteiger partial charge in [-0.2, -0.15) is 0 Å². The van der Waals surface area contributed by atoms with Crippen molar-refractivity contribution in [1.29, 1.82) is 0 Å². The lowest BCUT2D eigenvalue weighted by Crippen LogP contribution is -2.37. The molecule has 1 N–H and O–H groups in total. The summed E-state index contributed by atoms with van der Waals surface area (Å²) in [7, 11) is 0. The van der Waals surface area contributed by atoms with E-state index in [0.717, 1.165) is 44.6 Å². The number of para-hydroxylation sites is 1. The highest BCUT2D eigenvalue weighted by Crippen LogP contribution is 2.18. The third-order valence-electron chi connectivity index (χ3n) is 4.33. The number of nitrogens with one attached hydrogen (secondary N) is 1. The van der Waals surface area contributed by atoms with Crippen LogP contribution in [0.5, 0.6) is 0 Å². The van der Waals surface area contributed by atoms with Crippen LogP contribution in [0.25, 0.3) is 0 Å². The number of piperidine rings is 1. The van der Waals surface area contributed by atoms with Crippen LogP contribution in [0.1, 0.15) is 51.5 Å². The number of ether oxygens (including phenoxy) is 1. The van der Waals surface area contributed by atoms with Crippen LogP contribution >= 0.6 is 0 Å². The maximum absolute atomic E-state index is 12.1. The van der Waals surface area contributed by atoms with E-state index in [4.69, 9.17) is 4.74 Å². The number of carbonyl (C=O) groups excluding carboxylic acids is 1. The summed E-state index contributed by atoms with van der Waals surface area (Å²) in [4.78, 5) is 14.5. The van der Waals surface area contributed by atoms with Crippen molar-refractivity contribution in [3.05, 3.63) is 29.8 Å². The van der Waals surface area contributed by atoms with Crippen LogP contribution in [0.3, 0.4) is 0 Å². The molecule has 0 unspecified atom stereocenters. The third-order valence-corrected chi connectivity index (χ3v) is 4.33. The van der Waals surface area contributed by atoms with E-state index in [-0.39, 0.29) is 12.2 Å². The summed E-state index contributed by atoms with van der Waals surface area (Å²) in [5.74, 6) is 0. The summed E-state index contributed by atoms with van der Waals surface area (Å²) in [5, 5.41) is 2.91. The van der Waals surface area contributed by atoms with Gasteiger partial charge in [0, 0.05) is 12.2 Å². The average Bonchev–Trinajstić information content (AvgIpc) is 2.54. The van der Waals surface area contributed by atoms with Crippen LogP contribution in [-0.4, -0.2) is 36.7 Å². The fraction of sp³-hybridized carbons (Fsp3) is 0.632. The number of carbonyl (C=O) groups is 1. The Hall–Kier alpha value is -1.55. The Morgan fingerprint density at radius 2 is 2.00 bits per heavy atom. The van der Waals surface area contributed by atoms with Gasteiger partial charge in [0.1, 0.15) is 6.10 Å². The van der Waals surface area contributed by atoms with Gasteiger partial charge >= 0.3 is 6.09 Å². The smallest absolute Gasteiger partial charge is 0.411 e. The molecule has 23 heavy (non-hydrogen) atoms. The van der Waals surface area contributed by atoms with Gasteiger partial charge in [-0.3, -0.25) is 10.2 Å². The Morgan fingerprint density at radius 3 is 2.74 bits per heavy atom. The van der Waals surface area contributed by atoms with Crippen molar-refractivity contribution in [2.75, 3.05) is 25.0 Å². The van der Waals surface area contributed by atoms with E-state index in [9.17, 15) is 4.79 Å². The molecule has 1 aromatic rings. The van der Waals surface area contributed by atoms with Gasteiger partial charge in [0.05, 0.1) is 0 Å². The predicted octanol–water partition coefficient (Wildman–Crippen LogP) is 4.45. The van der Waals surface area contributed by atoms with Crippen LogP contribution in [0.2, 0.25) is 0 Å². The number of amides is 1. The minimum absolute atomic E-state index is 0.0871. The van der Waals surface area contributed by atoms with Crippen LogP contribution in [0.4, 0.5) is 10.5 Å². The Labute approximate surface area is 140 Å². The molecule has 1 heterocycles. The van der Waals surface area contributed by atoms with E-state index in [2.05, 4.69) is 23.2 Å². The number of nitrogens with zero attached hydrogens (tertiary/aromatic N) is 1. The standard InChI is InChI=1S/C19H30N2O2/c1-3-4-10-17-11-6-7-12-18(17)20-19(22)23-16(2)15-21-13-8-5-9-14-21/h6-7,11-12,16H,3-5,8-10,13-15H2,1-2H3,(H,20,22)/t16-/m0/s1. The number of rotatable bonds is 7. The topological polar surface area (TPSA) is 41.6 Å². The quantitative estimate of drug-likeness (QED) is 0.807. The maximum atomic E-state index is 12.1. The van der Waals surface area contributed by atoms with Crippen LogP contribution in [0, 0.1) is 0 Å². The van der Waals surface area contributed by atoms with Gasteiger partial charge in [-0.15, -0.1) is 0 Å². The van der Waals surface area contributed by atoms with Gasteiger partial charge in [-0.25, -0.2) is 4.79 Å². The van der Waals surface area contributed by atoms with E-state index >= 15 is 0 Å². The fourth-order valence-electron chi connectivity index (χ4n) is 3.09. The molecule has 0 saturated carbocycles. The van der Waals surface area contributed by atoms with E-state index in [0.29, 0.717) is 0 Å². The second-order valence-electron chi connectivity index (χ2n) is 6.46. The highest BCUT2D eigenvalue weighted by atomic mass is 16.6. The van der Waals surface area contributed by atoms with Crippen LogP contribution in [0.15, 0.2) is 24.3 Å². The Morgan fingerprint density at radius 1 is 1.26 bits per heavy atom. The Kier molecular flexibility index (Phi) is 7.40. The van der Waals surface area contributed by atoms with Crippen molar-refractivity contribution < 1.29 is 9.53 Å². The molecule has 128 valence electrons. The fourth-order valence-corrected chi connectivity index (χ4v) is 3.09. The highest BCUT2D eigenvalue weighted by molar-refractivity contribution is 5.85. The summed E-state index contributed by atoms with van der Waals surface area (Å²) < 4.78 is 5.52. The lowest BCUT2D eigenvalue weighted by Gasteiger charge is -2.28. The molecule has 0 aromatic heterocycles. The lowest BCUT2D eigenvalue weighted by atomic mass is 10.1. The molecule has 4 nitrogen and oxygen atoms in total. The third kappa shape index (κ3) is 6.22. The lowest BCUT2D eigenvalue weighted by molar-refractivity contribution is 0.0833. The Balaban J connectivity index is 1.81. The van der Waals surface area contributed by atoms with Crippen molar-refractivity contribution in [3.8, 4) is 0 Å². The molecule has 4 heteroatoms. The minimum atomic E-state index is -0.349. The predicted molar refractivity (Wildman–Crippen MR) is 94.9 cm³/mol. The van der Waals surface area contributed by atoms with E-state index in [1.165, 1.54) is 24.8 Å². The second-order valence-corrected chi connectivity index (χ2v) is 6.46. The first-order valence-electron chi connectivity index (χ1n) is 8.97. The van der Waals surface area contributed by atoms with Gasteiger partial charge < -0.3 is 4.74 Å². The van der Waals surface area contributed by atoms with Gasteiger partial charge in [0.25, 0.3) is 0 Å². The highest BCUT2D eigenvalue weighted by Gasteiger charge is 2.16. The first-order chi connectivity index (χ1) is 11.2. The summed E-state index contributed by atoms with van der Waals surface area (Å²) in [5.41, 5.74) is 2.05. The molecular weight excluding hydrogens is 288 g/mol. The first-order valence-corrected chi connectivity index (χ1v) is 8.97. The van der Waals surface area contributed by atoms with Crippen molar-refractivity contribution in [2.45, 2.75) is 58.5 Å². The molecular formula is C19H30N2O2.